The second-order valence-electron chi connectivity index (χ2n) is 4.82. The molecule has 0 saturated heterocycles. The first-order chi connectivity index (χ1) is 9.58. The average Bonchev–Trinajstić information content (AvgIpc) is 2.43. The fourth-order valence-electron chi connectivity index (χ4n) is 1.75. The van der Waals surface area contributed by atoms with Gasteiger partial charge in [-0.25, -0.2) is 0 Å². The molecule has 1 aromatic carbocycles. The predicted octanol–water partition coefficient (Wildman–Crippen LogP) is 3.33. The van der Waals surface area contributed by atoms with E-state index in [2.05, 4.69) is 44.3 Å². The van der Waals surface area contributed by atoms with Gasteiger partial charge in [0.2, 0.25) is 0 Å². The van der Waals surface area contributed by atoms with E-state index < -0.39 is 0 Å². The highest BCUT2D eigenvalue weighted by Crippen LogP contribution is 2.22. The Morgan fingerprint density at radius 3 is 2.65 bits per heavy atom. The van der Waals surface area contributed by atoms with Crippen LogP contribution in [0.15, 0.2) is 23.1 Å². The monoisotopic (exact) mass is 295 g/mol. The number of rotatable bonds is 8. The molecule has 1 atom stereocenters. The summed E-state index contributed by atoms with van der Waals surface area (Å²) in [4.78, 5) is 13.1. The molecule has 4 heteroatoms. The zero-order valence-corrected chi connectivity index (χ0v) is 13.7. The molecular weight excluding hydrogens is 270 g/mol. The lowest BCUT2D eigenvalue weighted by atomic mass is 10.1. The van der Waals surface area contributed by atoms with Crippen molar-refractivity contribution in [2.45, 2.75) is 45.1 Å². The molecule has 0 amide bonds. The smallest absolute Gasteiger partial charge is 0.323 e. The summed E-state index contributed by atoms with van der Waals surface area (Å²) in [5.74, 6) is 0.540. The number of hydrogen-bond acceptors (Lipinski definition) is 4. The fraction of sp³-hybridized carbons (Fsp3) is 0.562. The average molecular weight is 295 g/mol. The number of aryl methyl sites for hydroxylation is 2. The molecule has 0 heterocycles. The summed E-state index contributed by atoms with van der Waals surface area (Å²) in [6.45, 7) is 9.40. The van der Waals surface area contributed by atoms with Crippen molar-refractivity contribution in [2.24, 2.45) is 0 Å². The Labute approximate surface area is 126 Å². The molecule has 1 N–H and O–H groups in total. The van der Waals surface area contributed by atoms with Gasteiger partial charge in [0.1, 0.15) is 6.04 Å². The maximum atomic E-state index is 11.9. The number of hydrogen-bond donors (Lipinski definition) is 1. The first kappa shape index (κ1) is 17.1. The van der Waals surface area contributed by atoms with Crippen LogP contribution in [0.1, 0.15) is 31.4 Å². The normalized spacial score (nSPS) is 12.2. The van der Waals surface area contributed by atoms with Crippen LogP contribution in [-0.2, 0) is 9.53 Å². The van der Waals surface area contributed by atoms with Gasteiger partial charge in [0, 0.05) is 10.6 Å². The van der Waals surface area contributed by atoms with Crippen molar-refractivity contribution in [3.63, 3.8) is 0 Å². The highest BCUT2D eigenvalue weighted by atomic mass is 32.2. The van der Waals surface area contributed by atoms with Gasteiger partial charge in [-0.3, -0.25) is 4.79 Å². The maximum absolute atomic E-state index is 11.9. The van der Waals surface area contributed by atoms with Crippen LogP contribution < -0.4 is 5.32 Å². The van der Waals surface area contributed by atoms with E-state index >= 15 is 0 Å². The summed E-state index contributed by atoms with van der Waals surface area (Å²) >= 11 is 1.69. The summed E-state index contributed by atoms with van der Waals surface area (Å²) in [5, 5.41) is 3.25. The van der Waals surface area contributed by atoms with E-state index in [-0.39, 0.29) is 12.0 Å². The molecule has 0 aliphatic heterocycles. The third kappa shape index (κ3) is 5.55. The van der Waals surface area contributed by atoms with Crippen molar-refractivity contribution >= 4 is 17.7 Å². The van der Waals surface area contributed by atoms with Crippen LogP contribution >= 0.6 is 11.8 Å². The quantitative estimate of drug-likeness (QED) is 0.590. The van der Waals surface area contributed by atoms with Gasteiger partial charge in [-0.1, -0.05) is 13.0 Å². The Bertz CT molecular complexity index is 434. The Morgan fingerprint density at radius 1 is 1.30 bits per heavy atom. The minimum Gasteiger partial charge on any atom is -0.465 e. The molecule has 112 valence electrons. The first-order valence-electron chi connectivity index (χ1n) is 7.18. The second-order valence-corrected chi connectivity index (χ2v) is 5.91. The van der Waals surface area contributed by atoms with Crippen molar-refractivity contribution < 1.29 is 9.53 Å². The largest absolute Gasteiger partial charge is 0.465 e. The van der Waals surface area contributed by atoms with Gasteiger partial charge in [-0.2, -0.15) is 0 Å². The molecule has 0 saturated carbocycles. The van der Waals surface area contributed by atoms with Crippen molar-refractivity contribution in [3.05, 3.63) is 29.3 Å². The standard InChI is InChI=1S/C16H25NO2S/c1-5-9-17-15(16(18)19-6-2)11-20-14-8-7-12(3)13(4)10-14/h7-8,10,15,17H,5-6,9,11H2,1-4H3. The van der Waals surface area contributed by atoms with E-state index in [4.69, 9.17) is 4.74 Å². The summed E-state index contributed by atoms with van der Waals surface area (Å²) in [5.41, 5.74) is 2.57. The van der Waals surface area contributed by atoms with Crippen LogP contribution in [0, 0.1) is 13.8 Å². The number of ether oxygens (including phenoxy) is 1. The first-order valence-corrected chi connectivity index (χ1v) is 8.17. The Kier molecular flexibility index (Phi) is 7.70. The molecule has 3 nitrogen and oxygen atoms in total. The van der Waals surface area contributed by atoms with E-state index in [9.17, 15) is 4.79 Å². The highest BCUT2D eigenvalue weighted by Gasteiger charge is 2.19. The molecule has 0 aromatic heterocycles. The van der Waals surface area contributed by atoms with Gasteiger partial charge in [0.15, 0.2) is 0 Å². The fourth-order valence-corrected chi connectivity index (χ4v) is 2.79. The topological polar surface area (TPSA) is 38.3 Å². The van der Waals surface area contributed by atoms with Crippen LogP contribution in [0.3, 0.4) is 0 Å². The van der Waals surface area contributed by atoms with Crippen molar-refractivity contribution in [2.75, 3.05) is 18.9 Å². The van der Waals surface area contributed by atoms with E-state index in [1.54, 1.807) is 11.8 Å². The van der Waals surface area contributed by atoms with Gasteiger partial charge < -0.3 is 10.1 Å². The maximum Gasteiger partial charge on any atom is 0.323 e. The molecule has 0 spiro atoms. The summed E-state index contributed by atoms with van der Waals surface area (Å²) in [7, 11) is 0. The molecule has 1 unspecified atom stereocenters. The number of esters is 1. The molecule has 0 fully saturated rings. The van der Waals surface area contributed by atoms with Crippen LogP contribution in [0.5, 0.6) is 0 Å². The summed E-state index contributed by atoms with van der Waals surface area (Å²) in [6, 6.07) is 6.16. The van der Waals surface area contributed by atoms with E-state index in [1.807, 2.05) is 6.92 Å². The van der Waals surface area contributed by atoms with Gasteiger partial charge in [-0.05, 0) is 57.0 Å². The third-order valence-corrected chi connectivity index (χ3v) is 4.19. The zero-order valence-electron chi connectivity index (χ0n) is 12.9. The Morgan fingerprint density at radius 2 is 2.05 bits per heavy atom. The van der Waals surface area contributed by atoms with Crippen molar-refractivity contribution in [1.29, 1.82) is 0 Å². The molecule has 20 heavy (non-hydrogen) atoms. The number of carbonyl (C=O) groups is 1. The molecule has 0 aliphatic rings. The molecule has 0 aliphatic carbocycles. The second kappa shape index (κ2) is 9.03. The SMILES string of the molecule is CCCNC(CSc1ccc(C)c(C)c1)C(=O)OCC. The lowest BCUT2D eigenvalue weighted by Gasteiger charge is -2.16. The summed E-state index contributed by atoms with van der Waals surface area (Å²) < 4.78 is 5.12. The van der Waals surface area contributed by atoms with Crippen LogP contribution in [0.25, 0.3) is 0 Å². The van der Waals surface area contributed by atoms with Gasteiger partial charge >= 0.3 is 5.97 Å². The lowest BCUT2D eigenvalue weighted by molar-refractivity contribution is -0.144. The number of carbonyl (C=O) groups excluding carboxylic acids is 1. The van der Waals surface area contributed by atoms with Crippen LogP contribution in [-0.4, -0.2) is 30.9 Å². The van der Waals surface area contributed by atoms with Gasteiger partial charge in [0.25, 0.3) is 0 Å². The van der Waals surface area contributed by atoms with Crippen molar-refractivity contribution in [1.82, 2.24) is 5.32 Å². The van der Waals surface area contributed by atoms with Gasteiger partial charge in [-0.15, -0.1) is 11.8 Å². The van der Waals surface area contributed by atoms with Crippen molar-refractivity contribution in [3.8, 4) is 0 Å². The lowest BCUT2D eigenvalue weighted by Crippen LogP contribution is -2.40. The molecule has 0 radical (unpaired) electrons. The molecule has 0 bridgehead atoms. The Balaban J connectivity index is 2.60. The minimum absolute atomic E-state index is 0.155. The predicted molar refractivity (Wildman–Crippen MR) is 85.4 cm³/mol. The number of nitrogens with one attached hydrogen (secondary N) is 1. The molecule has 1 aromatic rings. The minimum atomic E-state index is -0.235. The Hall–Kier alpha value is -1.00. The third-order valence-electron chi connectivity index (χ3n) is 3.11. The zero-order chi connectivity index (χ0) is 15.0. The van der Waals surface area contributed by atoms with E-state index in [0.29, 0.717) is 12.4 Å². The van der Waals surface area contributed by atoms with Gasteiger partial charge in [0.05, 0.1) is 6.61 Å². The summed E-state index contributed by atoms with van der Waals surface area (Å²) in [6.07, 6.45) is 1.00. The molecule has 1 rings (SSSR count). The molecular formula is C16H25NO2S. The van der Waals surface area contributed by atoms with E-state index in [1.165, 1.54) is 16.0 Å². The number of benzene rings is 1. The van der Waals surface area contributed by atoms with Crippen LogP contribution in [0.2, 0.25) is 0 Å². The van der Waals surface area contributed by atoms with E-state index in [0.717, 1.165) is 13.0 Å². The van der Waals surface area contributed by atoms with Crippen LogP contribution in [0.4, 0.5) is 0 Å². The highest BCUT2D eigenvalue weighted by molar-refractivity contribution is 7.99. The number of thioether (sulfide) groups is 1.